The predicted molar refractivity (Wildman–Crippen MR) is 146 cm³/mol. The molecule has 38 heavy (non-hydrogen) atoms. The Morgan fingerprint density at radius 3 is 2.37 bits per heavy atom. The van der Waals surface area contributed by atoms with E-state index in [0.29, 0.717) is 47.3 Å². The van der Waals surface area contributed by atoms with Crippen molar-refractivity contribution in [2.75, 3.05) is 43.1 Å². The Kier molecular flexibility index (Phi) is 6.07. The molecule has 0 radical (unpaired) electrons. The van der Waals surface area contributed by atoms with Crippen LogP contribution in [0.3, 0.4) is 0 Å². The van der Waals surface area contributed by atoms with E-state index in [9.17, 15) is 9.59 Å². The van der Waals surface area contributed by atoms with Crippen molar-refractivity contribution in [3.8, 4) is 11.5 Å². The molecule has 2 fully saturated rings. The second-order valence-corrected chi connectivity index (χ2v) is 10.4. The highest BCUT2D eigenvalue weighted by molar-refractivity contribution is 6.30. The second-order valence-electron chi connectivity index (χ2n) is 10.00. The van der Waals surface area contributed by atoms with E-state index in [2.05, 4.69) is 10.2 Å². The highest BCUT2D eigenvalue weighted by Gasteiger charge is 2.50. The minimum atomic E-state index is -0.905. The maximum atomic E-state index is 13.2. The van der Waals surface area contributed by atoms with Gasteiger partial charge in [-0.1, -0.05) is 23.7 Å². The Balaban J connectivity index is 1.17. The summed E-state index contributed by atoms with van der Waals surface area (Å²) >= 11 is 6.01. The third kappa shape index (κ3) is 4.19. The molecule has 0 spiro atoms. The van der Waals surface area contributed by atoms with Gasteiger partial charge in [-0.2, -0.15) is 0 Å². The van der Waals surface area contributed by atoms with E-state index in [4.69, 9.17) is 21.1 Å². The van der Waals surface area contributed by atoms with E-state index in [1.807, 2.05) is 66.4 Å². The number of fused-ring (bicyclic) bond motifs is 4. The van der Waals surface area contributed by atoms with Gasteiger partial charge in [0.15, 0.2) is 17.2 Å². The summed E-state index contributed by atoms with van der Waals surface area (Å²) in [6.07, 6.45) is 0.581. The standard InChI is InChI=1S/C29H29ClN4O4/c1-29-18-24(23-4-3-5-25(37-2)26(23)38-29)31-28(36)34(29)22-10-6-19(7-11-22)27(35)33-16-14-32(15-17-33)21-12-8-20(30)9-13-21/h3-13,24H,14-18H2,1-2H3,(H,31,36). The molecule has 9 heteroatoms. The second kappa shape index (κ2) is 9.44. The monoisotopic (exact) mass is 532 g/mol. The lowest BCUT2D eigenvalue weighted by Crippen LogP contribution is -2.65. The lowest BCUT2D eigenvalue weighted by molar-refractivity contribution is 0.0349. The number of anilines is 2. The number of hydrogen-bond donors (Lipinski definition) is 1. The number of amides is 3. The molecule has 6 rings (SSSR count). The quantitative estimate of drug-likeness (QED) is 0.507. The fourth-order valence-electron chi connectivity index (χ4n) is 5.67. The Morgan fingerprint density at radius 1 is 1.00 bits per heavy atom. The highest BCUT2D eigenvalue weighted by Crippen LogP contribution is 2.49. The number of halogens is 1. The summed E-state index contributed by atoms with van der Waals surface area (Å²) in [5, 5.41) is 3.81. The Hall–Kier alpha value is -3.91. The van der Waals surface area contributed by atoms with Crippen molar-refractivity contribution in [3.63, 3.8) is 0 Å². The number of nitrogens with one attached hydrogen (secondary N) is 1. The average Bonchev–Trinajstić information content (AvgIpc) is 2.93. The fraction of sp³-hybridized carbons (Fsp3) is 0.310. The summed E-state index contributed by atoms with van der Waals surface area (Å²) in [6, 6.07) is 20.2. The predicted octanol–water partition coefficient (Wildman–Crippen LogP) is 5.08. The average molecular weight is 533 g/mol. The summed E-state index contributed by atoms with van der Waals surface area (Å²) in [4.78, 5) is 32.2. The van der Waals surface area contributed by atoms with Crippen molar-refractivity contribution in [2.45, 2.75) is 25.1 Å². The van der Waals surface area contributed by atoms with Crippen molar-refractivity contribution >= 4 is 34.9 Å². The van der Waals surface area contributed by atoms with Crippen LogP contribution in [-0.2, 0) is 0 Å². The maximum absolute atomic E-state index is 13.2. The molecular formula is C29H29ClN4O4. The third-order valence-electron chi connectivity index (χ3n) is 7.61. The summed E-state index contributed by atoms with van der Waals surface area (Å²) in [5.74, 6) is 1.25. The van der Waals surface area contributed by atoms with Crippen molar-refractivity contribution in [2.24, 2.45) is 0 Å². The molecule has 0 saturated carbocycles. The molecule has 8 nitrogen and oxygen atoms in total. The minimum Gasteiger partial charge on any atom is -0.493 e. The number of carbonyl (C=O) groups excluding carboxylic acids is 2. The molecule has 2 unspecified atom stereocenters. The summed E-state index contributed by atoms with van der Waals surface area (Å²) in [5.41, 5.74) is 2.35. The van der Waals surface area contributed by atoms with E-state index >= 15 is 0 Å². The van der Waals surface area contributed by atoms with E-state index < -0.39 is 5.72 Å². The first-order valence-corrected chi connectivity index (χ1v) is 13.1. The number of para-hydroxylation sites is 1. The van der Waals surface area contributed by atoms with Crippen LogP contribution in [-0.4, -0.2) is 55.9 Å². The molecule has 3 aromatic carbocycles. The van der Waals surface area contributed by atoms with E-state index in [1.54, 1.807) is 24.1 Å². The molecule has 3 amide bonds. The van der Waals surface area contributed by atoms with E-state index in [1.165, 1.54) is 0 Å². The Bertz CT molecular complexity index is 1370. The van der Waals surface area contributed by atoms with Gasteiger partial charge in [-0.25, -0.2) is 4.79 Å². The highest BCUT2D eigenvalue weighted by atomic mass is 35.5. The number of rotatable bonds is 4. The SMILES string of the molecule is COc1cccc2c1OC1(C)CC2NC(=O)N1c1ccc(C(=O)N2CCN(c3ccc(Cl)cc3)CC2)cc1. The molecule has 3 heterocycles. The zero-order valence-electron chi connectivity index (χ0n) is 21.3. The minimum absolute atomic E-state index is 0.0192. The number of hydrogen-bond acceptors (Lipinski definition) is 5. The van der Waals surface area contributed by atoms with Gasteiger partial charge in [0, 0.05) is 60.1 Å². The van der Waals surface area contributed by atoms with Crippen LogP contribution in [0.2, 0.25) is 5.02 Å². The first-order valence-electron chi connectivity index (χ1n) is 12.7. The lowest BCUT2D eigenvalue weighted by Gasteiger charge is -2.50. The van der Waals surface area contributed by atoms with Crippen LogP contribution in [0.1, 0.15) is 35.3 Å². The number of urea groups is 1. The summed E-state index contributed by atoms with van der Waals surface area (Å²) in [6.45, 7) is 4.67. The number of nitrogens with zero attached hydrogens (tertiary/aromatic N) is 3. The van der Waals surface area contributed by atoms with Gasteiger partial charge in [0.2, 0.25) is 0 Å². The van der Waals surface area contributed by atoms with Crippen LogP contribution in [0.25, 0.3) is 0 Å². The topological polar surface area (TPSA) is 74.3 Å². The molecule has 2 bridgehead atoms. The fourth-order valence-corrected chi connectivity index (χ4v) is 5.79. The van der Waals surface area contributed by atoms with Gasteiger partial charge in [0.25, 0.3) is 5.91 Å². The van der Waals surface area contributed by atoms with Crippen LogP contribution in [0.4, 0.5) is 16.2 Å². The summed E-state index contributed by atoms with van der Waals surface area (Å²) in [7, 11) is 1.61. The van der Waals surface area contributed by atoms with Gasteiger partial charge in [-0.05, 0) is 61.5 Å². The van der Waals surface area contributed by atoms with Gasteiger partial charge in [0.05, 0.1) is 13.2 Å². The van der Waals surface area contributed by atoms with Crippen molar-refractivity contribution in [1.82, 2.24) is 10.2 Å². The van der Waals surface area contributed by atoms with E-state index in [0.717, 1.165) is 24.3 Å². The normalized spacial score (nSPS) is 22.3. The smallest absolute Gasteiger partial charge is 0.325 e. The molecule has 1 N–H and O–H groups in total. The molecule has 3 aliphatic rings. The van der Waals surface area contributed by atoms with Crippen LogP contribution in [0.5, 0.6) is 11.5 Å². The Labute approximate surface area is 226 Å². The zero-order chi connectivity index (χ0) is 26.4. The molecule has 196 valence electrons. The summed E-state index contributed by atoms with van der Waals surface area (Å²) < 4.78 is 11.9. The van der Waals surface area contributed by atoms with Crippen LogP contribution in [0, 0.1) is 0 Å². The van der Waals surface area contributed by atoms with Crippen LogP contribution < -0.4 is 24.6 Å². The van der Waals surface area contributed by atoms with Crippen LogP contribution >= 0.6 is 11.6 Å². The molecule has 3 aliphatic heterocycles. The van der Waals surface area contributed by atoms with Gasteiger partial charge in [-0.3, -0.25) is 9.69 Å². The molecular weight excluding hydrogens is 504 g/mol. The number of piperazine rings is 1. The van der Waals surface area contributed by atoms with E-state index in [-0.39, 0.29) is 18.0 Å². The van der Waals surface area contributed by atoms with Crippen molar-refractivity contribution in [3.05, 3.63) is 82.9 Å². The van der Waals surface area contributed by atoms with Gasteiger partial charge in [-0.15, -0.1) is 0 Å². The van der Waals surface area contributed by atoms with Gasteiger partial charge >= 0.3 is 6.03 Å². The first kappa shape index (κ1) is 24.4. The zero-order valence-corrected chi connectivity index (χ0v) is 22.1. The Morgan fingerprint density at radius 2 is 1.68 bits per heavy atom. The molecule has 2 atom stereocenters. The molecule has 0 aliphatic carbocycles. The molecule has 2 saturated heterocycles. The lowest BCUT2D eigenvalue weighted by atomic mass is 9.90. The number of ether oxygens (including phenoxy) is 2. The third-order valence-corrected chi connectivity index (χ3v) is 7.87. The van der Waals surface area contributed by atoms with Gasteiger partial charge in [0.1, 0.15) is 0 Å². The number of benzene rings is 3. The van der Waals surface area contributed by atoms with Crippen LogP contribution in [0.15, 0.2) is 66.7 Å². The number of methoxy groups -OCH3 is 1. The molecule has 3 aromatic rings. The van der Waals surface area contributed by atoms with Crippen molar-refractivity contribution < 1.29 is 19.1 Å². The maximum Gasteiger partial charge on any atom is 0.325 e. The number of carbonyl (C=O) groups is 2. The first-order chi connectivity index (χ1) is 18.4. The molecule has 0 aromatic heterocycles. The largest absolute Gasteiger partial charge is 0.493 e. The van der Waals surface area contributed by atoms with Gasteiger partial charge < -0.3 is 24.6 Å². The van der Waals surface area contributed by atoms with Crippen molar-refractivity contribution in [1.29, 1.82) is 0 Å².